The molecule has 21 atom stereocenters. The van der Waals surface area contributed by atoms with Gasteiger partial charge < -0.3 is 33.8 Å². The smallest absolute Gasteiger partial charge is 0.338 e. The van der Waals surface area contributed by atoms with E-state index in [-0.39, 0.29) is 30.8 Å². The average Bonchev–Trinajstić information content (AvgIpc) is 3.07. The summed E-state index contributed by atoms with van der Waals surface area (Å²) in [6.45, 7) is 3.70. The van der Waals surface area contributed by atoms with Gasteiger partial charge in [0, 0.05) is 31.2 Å². The van der Waals surface area contributed by atoms with E-state index in [1.165, 1.54) is 0 Å². The molecule has 1 saturated heterocycles. The van der Waals surface area contributed by atoms with Crippen LogP contribution in [0.2, 0.25) is 0 Å². The molecule has 9 nitrogen and oxygen atoms in total. The molecule has 3 aliphatic carbocycles. The van der Waals surface area contributed by atoms with E-state index < -0.39 is 114 Å². The van der Waals surface area contributed by atoms with E-state index in [2.05, 4.69) is 80.4 Å². The Balaban J connectivity index is 1.84. The van der Waals surface area contributed by atoms with E-state index in [0.29, 0.717) is 19.1 Å². The maximum Gasteiger partial charge on any atom is 0.338 e. The van der Waals surface area contributed by atoms with Crippen molar-refractivity contribution in [2.45, 2.75) is 82.3 Å². The minimum absolute atomic E-state index is 0.114. The standard InChI is InChI=1S/C27H51O9P17/c1-13-15(28)11-27(32)22(34-23(30)14-8-6-5-7-9-14)20-25(4,16(10-17-26(20,31)12-33-17)35-47(49(38)39)50(40)41)21(29)19(18(13)24(27,2)3)36-48(51(42)43)53(46-37)52(44)45/h5-9,15-17,19-20,22,28,31-32,46H,10-12,37-45H2,1-4H3/t15?,16?,17?,19?,20?,22?,25-,26+,27?,48?,53?/m1/s1. The van der Waals surface area contributed by atoms with Crippen LogP contribution in [0.15, 0.2) is 41.5 Å². The SMILES string of the molecule is CC1=C2C(OP(P(P)P)P(PP)P(P)P)C(=O)[C@]3(C)C(OP(P(P)P)P(P)P)CC4OC[C@@]4(O)C3C(OC(=O)c3ccccc3)C(O)(CC1O)C2(C)C. The number of fused-ring (bicyclic) bond motifs is 5. The molecule has 1 heterocycles. The van der Waals surface area contributed by atoms with E-state index in [1.54, 1.807) is 30.3 Å². The van der Waals surface area contributed by atoms with E-state index in [9.17, 15) is 20.1 Å². The van der Waals surface area contributed by atoms with Gasteiger partial charge in [0.05, 0.1) is 50.9 Å². The van der Waals surface area contributed by atoms with Gasteiger partial charge in [-0.05, 0) is 65.1 Å². The van der Waals surface area contributed by atoms with Crippen molar-refractivity contribution in [1.29, 1.82) is 0 Å². The summed E-state index contributed by atoms with van der Waals surface area (Å²) in [6.07, 6.45) is -5.25. The lowest BCUT2D eigenvalue weighted by Crippen LogP contribution is -2.81. The summed E-state index contributed by atoms with van der Waals surface area (Å²) >= 11 is 0. The molecule has 0 amide bonds. The second-order valence-electron chi connectivity index (χ2n) is 14.2. The van der Waals surface area contributed by atoms with Crippen LogP contribution in [0.3, 0.4) is 0 Å². The largest absolute Gasteiger partial charge is 0.455 e. The summed E-state index contributed by atoms with van der Waals surface area (Å²) in [4.78, 5) is 30.4. The minimum atomic E-state index is -1.96. The molecule has 53 heavy (non-hydrogen) atoms. The van der Waals surface area contributed by atoms with Crippen molar-refractivity contribution in [1.82, 2.24) is 0 Å². The number of carbonyl (C=O) groups excluding carboxylic acids is 2. The second-order valence-corrected chi connectivity index (χ2v) is 72.3. The van der Waals surface area contributed by atoms with Gasteiger partial charge >= 0.3 is 5.97 Å². The normalized spacial score (nSPS) is 36.8. The number of aliphatic hydroxyl groups is 3. The van der Waals surface area contributed by atoms with Gasteiger partial charge in [-0.2, -0.15) is 0 Å². The van der Waals surface area contributed by atoms with Gasteiger partial charge in [-0.25, -0.2) is 4.79 Å². The Morgan fingerprint density at radius 1 is 0.925 bits per heavy atom. The summed E-state index contributed by atoms with van der Waals surface area (Å²) in [6, 6.07) is 8.52. The quantitative estimate of drug-likeness (QED) is 0.106. The van der Waals surface area contributed by atoms with Crippen molar-refractivity contribution in [3.05, 3.63) is 47.0 Å². The molecule has 2 saturated carbocycles. The second kappa shape index (κ2) is 19.5. The first-order valence-corrected chi connectivity index (χ1v) is 45.6. The average molecular weight is 1050 g/mol. The minimum Gasteiger partial charge on any atom is -0.455 e. The summed E-state index contributed by atoms with van der Waals surface area (Å²) in [5.74, 6) is -2.18. The van der Waals surface area contributed by atoms with Crippen LogP contribution < -0.4 is 0 Å². The fourth-order valence-corrected chi connectivity index (χ4v) is 107. The number of ether oxygens (including phenoxy) is 2. The van der Waals surface area contributed by atoms with Crippen LogP contribution in [0, 0.1) is 16.7 Å². The Morgan fingerprint density at radius 2 is 1.51 bits per heavy atom. The Hall–Kier alpha value is 5.17. The third-order valence-corrected chi connectivity index (χ3v) is 80.7. The molecule has 1 aromatic rings. The highest BCUT2D eigenvalue weighted by Gasteiger charge is 2.77. The molecule has 3 N–H and O–H groups in total. The summed E-state index contributed by atoms with van der Waals surface area (Å²) in [7, 11) is 24.4. The van der Waals surface area contributed by atoms with E-state index in [4.69, 9.17) is 18.5 Å². The van der Waals surface area contributed by atoms with Crippen LogP contribution in [-0.4, -0.2) is 75.4 Å². The van der Waals surface area contributed by atoms with Crippen molar-refractivity contribution >= 4 is 150 Å². The first kappa shape index (κ1) is 49.2. The third kappa shape index (κ3) is 9.25. The van der Waals surface area contributed by atoms with Crippen LogP contribution in [0.25, 0.3) is 0 Å². The Labute approximate surface area is 344 Å². The van der Waals surface area contributed by atoms with Gasteiger partial charge in [-0.15, -0.1) is 80.4 Å². The Bertz CT molecular complexity index is 1550. The van der Waals surface area contributed by atoms with Crippen LogP contribution >= 0.6 is 138 Å². The van der Waals surface area contributed by atoms with E-state index in [1.807, 2.05) is 27.7 Å². The molecule has 2 bridgehead atoms. The van der Waals surface area contributed by atoms with Gasteiger partial charge in [-0.3, -0.25) is 4.79 Å². The molecule has 298 valence electrons. The number of ketones is 1. The first-order valence-electron chi connectivity index (χ1n) is 16.2. The fourth-order valence-electron chi connectivity index (χ4n) is 8.30. The molecule has 19 unspecified atom stereocenters. The topological polar surface area (TPSA) is 132 Å². The first-order chi connectivity index (χ1) is 24.6. The van der Waals surface area contributed by atoms with Crippen LogP contribution in [0.4, 0.5) is 0 Å². The predicted molar refractivity (Wildman–Crippen MR) is 268 cm³/mol. The number of hydrogen-bond acceptors (Lipinski definition) is 9. The molecule has 1 aliphatic heterocycles. The van der Waals surface area contributed by atoms with Crippen LogP contribution in [-0.2, 0) is 23.3 Å². The molecule has 3 fully saturated rings. The van der Waals surface area contributed by atoms with Crippen molar-refractivity contribution in [3.8, 4) is 0 Å². The van der Waals surface area contributed by atoms with Gasteiger partial charge in [0.25, 0.3) is 0 Å². The number of carbonyl (C=O) groups is 2. The van der Waals surface area contributed by atoms with Crippen molar-refractivity contribution in [3.63, 3.8) is 0 Å². The van der Waals surface area contributed by atoms with E-state index in [0.717, 1.165) is 0 Å². The van der Waals surface area contributed by atoms with Crippen molar-refractivity contribution in [2.24, 2.45) is 16.7 Å². The third-order valence-electron chi connectivity index (χ3n) is 11.1. The van der Waals surface area contributed by atoms with Gasteiger partial charge in [0.2, 0.25) is 0 Å². The molecule has 4 aliphatic rings. The number of esters is 1. The maximum absolute atomic E-state index is 16.2. The highest BCUT2D eigenvalue weighted by atomic mass is 33.1. The number of Topliss-reactive ketones (excluding diaryl/α,β-unsaturated/α-hetero) is 1. The highest BCUT2D eigenvalue weighted by molar-refractivity contribution is 9.10. The lowest BCUT2D eigenvalue weighted by Gasteiger charge is -2.67. The lowest BCUT2D eigenvalue weighted by atomic mass is 9.45. The predicted octanol–water partition coefficient (Wildman–Crippen LogP) is 11.0. The maximum atomic E-state index is 16.2. The zero-order valence-electron chi connectivity index (χ0n) is 29.6. The van der Waals surface area contributed by atoms with Crippen molar-refractivity contribution < 1.29 is 43.4 Å². The number of rotatable bonds is 12. The molecule has 1 aromatic carbocycles. The number of hydrogen-bond donors (Lipinski definition) is 3. The summed E-state index contributed by atoms with van der Waals surface area (Å²) < 4.78 is 27.0. The van der Waals surface area contributed by atoms with Crippen molar-refractivity contribution in [2.75, 3.05) is 6.61 Å². The zero-order chi connectivity index (χ0) is 39.6. The van der Waals surface area contributed by atoms with Gasteiger partial charge in [-0.1, -0.05) is 40.0 Å². The zero-order valence-corrected chi connectivity index (χ0v) is 47.2. The molecular weight excluding hydrogens is 995 g/mol. The lowest BCUT2D eigenvalue weighted by molar-refractivity contribution is -0.341. The number of benzene rings is 1. The van der Waals surface area contributed by atoms with Crippen LogP contribution in [0.1, 0.15) is 50.9 Å². The van der Waals surface area contributed by atoms with Gasteiger partial charge in [0.15, 0.2) is 5.78 Å². The molecule has 0 aromatic heterocycles. The highest BCUT2D eigenvalue weighted by Crippen LogP contribution is 3.09. The Kier molecular flexibility index (Phi) is 18.1. The van der Waals surface area contributed by atoms with Crippen LogP contribution in [0.5, 0.6) is 0 Å². The molecule has 0 radical (unpaired) electrons. The molecule has 26 heteroatoms. The van der Waals surface area contributed by atoms with E-state index >= 15 is 4.79 Å². The monoisotopic (exact) mass is 1050 g/mol. The number of aliphatic hydroxyl groups excluding tert-OH is 1. The molecule has 5 rings (SSSR count). The summed E-state index contributed by atoms with van der Waals surface area (Å²) in [5.41, 5.74) is -5.09. The fraction of sp³-hybridized carbons (Fsp3) is 0.630. The van der Waals surface area contributed by atoms with Gasteiger partial charge in [0.1, 0.15) is 23.4 Å². The summed E-state index contributed by atoms with van der Waals surface area (Å²) in [5, 5.41) is 38.2. The molecular formula is C27H51O9P17. The molecule has 0 spiro atoms. The Morgan fingerprint density at radius 3 is 2.00 bits per heavy atom.